The van der Waals surface area contributed by atoms with Crippen LogP contribution in [0.4, 0.5) is 4.79 Å². The molecule has 0 aliphatic carbocycles. The highest BCUT2D eigenvalue weighted by atomic mass is 16.7. The average molecular weight is 233 g/mol. The Morgan fingerprint density at radius 1 is 1.19 bits per heavy atom. The number of amides is 1. The van der Waals surface area contributed by atoms with Crippen LogP contribution in [0.25, 0.3) is 0 Å². The third kappa shape index (κ3) is 11.3. The van der Waals surface area contributed by atoms with E-state index in [-0.39, 0.29) is 1.43 Å². The minimum atomic E-state index is -0.527. The summed E-state index contributed by atoms with van der Waals surface area (Å²) in [7, 11) is 0. The maximum absolute atomic E-state index is 11.1. The smallest absolute Gasteiger partial charge is 0.431 e. The van der Waals surface area contributed by atoms with E-state index < -0.39 is 11.7 Å². The number of carbonyl (C=O) groups is 1. The molecule has 1 N–H and O–H groups in total. The lowest BCUT2D eigenvalue weighted by atomic mass is 10.2. The van der Waals surface area contributed by atoms with E-state index in [2.05, 4.69) is 12.4 Å². The lowest BCUT2D eigenvalue weighted by Gasteiger charge is -2.19. The van der Waals surface area contributed by atoms with Crippen molar-refractivity contribution in [1.82, 2.24) is 5.48 Å². The molecule has 0 aromatic heterocycles. The molecule has 1 amide bonds. The number of carbonyl (C=O) groups excluding carboxylic acids is 1. The van der Waals surface area contributed by atoms with Crippen molar-refractivity contribution in [3.63, 3.8) is 0 Å². The van der Waals surface area contributed by atoms with Crippen molar-refractivity contribution in [2.75, 3.05) is 6.61 Å². The van der Waals surface area contributed by atoms with Crippen LogP contribution in [0.3, 0.4) is 0 Å². The van der Waals surface area contributed by atoms with Crippen LogP contribution in [0.5, 0.6) is 0 Å². The Bertz CT molecular complexity index is 193. The van der Waals surface area contributed by atoms with E-state index in [1.165, 1.54) is 19.3 Å². The molecule has 0 radical (unpaired) electrons. The van der Waals surface area contributed by atoms with E-state index >= 15 is 0 Å². The number of unbranched alkanes of at least 4 members (excludes halogenated alkanes) is 4. The lowest BCUT2D eigenvalue weighted by molar-refractivity contribution is -0.00860. The van der Waals surface area contributed by atoms with Gasteiger partial charge in [-0.05, 0) is 27.2 Å². The molecule has 0 rings (SSSR count). The van der Waals surface area contributed by atoms with Crippen molar-refractivity contribution >= 4 is 6.09 Å². The van der Waals surface area contributed by atoms with Crippen molar-refractivity contribution in [2.24, 2.45) is 0 Å². The summed E-state index contributed by atoms with van der Waals surface area (Å²) in [6.45, 7) is 8.18. The molecule has 4 heteroatoms. The molecule has 98 valence electrons. The summed E-state index contributed by atoms with van der Waals surface area (Å²) in [5.41, 5.74) is 1.79. The number of nitrogens with one attached hydrogen (secondary N) is 1. The van der Waals surface area contributed by atoms with Crippen LogP contribution in [0.2, 0.25) is 0 Å². The second-order valence-electron chi connectivity index (χ2n) is 4.87. The van der Waals surface area contributed by atoms with Gasteiger partial charge in [0, 0.05) is 1.43 Å². The largest absolute Gasteiger partial charge is 0.442 e. The first-order chi connectivity index (χ1) is 7.45. The van der Waals surface area contributed by atoms with Gasteiger partial charge in [-0.2, -0.15) is 5.48 Å². The third-order valence-corrected chi connectivity index (χ3v) is 1.90. The van der Waals surface area contributed by atoms with E-state index in [1.54, 1.807) is 0 Å². The molecule has 0 aromatic rings. The summed E-state index contributed by atoms with van der Waals surface area (Å²) in [4.78, 5) is 16.1. The second kappa shape index (κ2) is 8.39. The van der Waals surface area contributed by atoms with Crippen LogP contribution in [0.1, 0.15) is 61.2 Å². The molecule has 0 atom stereocenters. The van der Waals surface area contributed by atoms with E-state index in [0.717, 1.165) is 12.8 Å². The third-order valence-electron chi connectivity index (χ3n) is 1.90. The molecule has 0 spiro atoms. The molecule has 0 unspecified atom stereocenters. The minimum absolute atomic E-state index is 0. The number of ether oxygens (including phenoxy) is 1. The van der Waals surface area contributed by atoms with E-state index in [4.69, 9.17) is 9.57 Å². The predicted octanol–water partition coefficient (Wildman–Crippen LogP) is 3.66. The standard InChI is InChI=1S/C12H25NO3.H2/c1-5-6-7-8-9-10-15-13-11(14)16-12(2,3)4;/h5-10H2,1-4H3,(H,13,14);1H. The summed E-state index contributed by atoms with van der Waals surface area (Å²) in [6, 6.07) is 0. The average Bonchev–Trinajstić information content (AvgIpc) is 2.13. The zero-order chi connectivity index (χ0) is 12.4. The monoisotopic (exact) mass is 233 g/mol. The number of rotatable bonds is 7. The lowest BCUT2D eigenvalue weighted by Crippen LogP contribution is -2.32. The van der Waals surface area contributed by atoms with Gasteiger partial charge in [0.2, 0.25) is 0 Å². The molecule has 4 nitrogen and oxygen atoms in total. The Morgan fingerprint density at radius 2 is 1.81 bits per heavy atom. The fourth-order valence-electron chi connectivity index (χ4n) is 1.19. The molecular formula is C12H27NO3. The topological polar surface area (TPSA) is 47.6 Å². The van der Waals surface area contributed by atoms with Crippen LogP contribution in [0, 0.1) is 0 Å². The normalized spacial score (nSPS) is 11.2. The van der Waals surface area contributed by atoms with Crippen LogP contribution in [-0.4, -0.2) is 18.3 Å². The van der Waals surface area contributed by atoms with Gasteiger partial charge in [0.05, 0.1) is 6.61 Å². The fourth-order valence-corrected chi connectivity index (χ4v) is 1.19. The molecule has 0 saturated heterocycles. The first kappa shape index (κ1) is 15.2. The fraction of sp³-hybridized carbons (Fsp3) is 0.917. The van der Waals surface area contributed by atoms with Crippen molar-refractivity contribution in [3.05, 3.63) is 0 Å². The maximum atomic E-state index is 11.1. The Kier molecular flexibility index (Phi) is 7.99. The summed E-state index contributed by atoms with van der Waals surface area (Å²) < 4.78 is 5.01. The molecular weight excluding hydrogens is 206 g/mol. The highest BCUT2D eigenvalue weighted by Gasteiger charge is 2.15. The van der Waals surface area contributed by atoms with Crippen molar-refractivity contribution < 1.29 is 15.8 Å². The van der Waals surface area contributed by atoms with E-state index in [9.17, 15) is 4.79 Å². The molecule has 16 heavy (non-hydrogen) atoms. The molecule has 0 aliphatic rings. The van der Waals surface area contributed by atoms with Gasteiger partial charge in [0.15, 0.2) is 0 Å². The Morgan fingerprint density at radius 3 is 2.38 bits per heavy atom. The van der Waals surface area contributed by atoms with Gasteiger partial charge in [-0.25, -0.2) is 4.79 Å². The molecule has 0 fully saturated rings. The Balaban J connectivity index is 0. The SMILES string of the molecule is CCCCCCCONC(=O)OC(C)(C)C.[HH]. The second-order valence-corrected chi connectivity index (χ2v) is 4.87. The number of hydrogen-bond donors (Lipinski definition) is 1. The van der Waals surface area contributed by atoms with Gasteiger partial charge in [-0.15, -0.1) is 0 Å². The van der Waals surface area contributed by atoms with Crippen molar-refractivity contribution in [3.8, 4) is 0 Å². The van der Waals surface area contributed by atoms with Crippen LogP contribution in [0.15, 0.2) is 0 Å². The minimum Gasteiger partial charge on any atom is -0.442 e. The van der Waals surface area contributed by atoms with Gasteiger partial charge in [-0.1, -0.05) is 32.6 Å². The van der Waals surface area contributed by atoms with Crippen LogP contribution < -0.4 is 5.48 Å². The summed E-state index contributed by atoms with van der Waals surface area (Å²) in [5, 5.41) is 0. The van der Waals surface area contributed by atoms with Crippen molar-refractivity contribution in [2.45, 2.75) is 65.4 Å². The van der Waals surface area contributed by atoms with Gasteiger partial charge in [0.1, 0.15) is 5.60 Å². The zero-order valence-electron chi connectivity index (χ0n) is 11.0. The zero-order valence-corrected chi connectivity index (χ0v) is 11.0. The first-order valence-electron chi connectivity index (χ1n) is 6.06. The van der Waals surface area contributed by atoms with Crippen LogP contribution >= 0.6 is 0 Å². The van der Waals surface area contributed by atoms with E-state index in [1.807, 2.05) is 20.8 Å². The Hall–Kier alpha value is -0.770. The highest BCUT2D eigenvalue weighted by Crippen LogP contribution is 2.06. The van der Waals surface area contributed by atoms with Crippen molar-refractivity contribution in [1.29, 1.82) is 0 Å². The van der Waals surface area contributed by atoms with E-state index in [0.29, 0.717) is 6.61 Å². The van der Waals surface area contributed by atoms with Gasteiger partial charge in [0.25, 0.3) is 0 Å². The summed E-state index contributed by atoms with van der Waals surface area (Å²) in [6.07, 6.45) is 5.31. The van der Waals surface area contributed by atoms with Gasteiger partial charge >= 0.3 is 6.09 Å². The summed E-state index contributed by atoms with van der Waals surface area (Å²) in [5.74, 6) is 0. The molecule has 0 aliphatic heterocycles. The number of hydroxylamine groups is 1. The van der Waals surface area contributed by atoms with Gasteiger partial charge < -0.3 is 4.74 Å². The molecule has 0 aromatic carbocycles. The highest BCUT2D eigenvalue weighted by molar-refractivity contribution is 5.66. The number of hydrogen-bond acceptors (Lipinski definition) is 3. The van der Waals surface area contributed by atoms with Gasteiger partial charge in [-0.3, -0.25) is 4.84 Å². The quantitative estimate of drug-likeness (QED) is 0.539. The molecule has 0 bridgehead atoms. The predicted molar refractivity (Wildman–Crippen MR) is 66.2 cm³/mol. The Labute approximate surface area is 100 Å². The maximum Gasteiger partial charge on any atom is 0.431 e. The first-order valence-corrected chi connectivity index (χ1v) is 6.06. The molecule has 0 saturated carbocycles. The summed E-state index contributed by atoms with van der Waals surface area (Å²) >= 11 is 0. The van der Waals surface area contributed by atoms with Crippen LogP contribution in [-0.2, 0) is 9.57 Å². The molecule has 0 heterocycles.